The number of benzene rings is 2. The monoisotopic (exact) mass is 853 g/mol. The average Bonchev–Trinajstić information content (AvgIpc) is 3.59. The molecule has 0 saturated heterocycles. The maximum atomic E-state index is 15.2. The molecule has 19 heteroatoms. The van der Waals surface area contributed by atoms with Gasteiger partial charge in [0.05, 0.1) is 19.0 Å². The number of aromatic nitrogens is 1. The lowest BCUT2D eigenvalue weighted by Gasteiger charge is -2.41. The first-order valence-corrected chi connectivity index (χ1v) is 19.7. The predicted octanol–water partition coefficient (Wildman–Crippen LogP) is 0.601. The van der Waals surface area contributed by atoms with Crippen LogP contribution in [0.4, 0.5) is 8.78 Å². The summed E-state index contributed by atoms with van der Waals surface area (Å²) in [6.07, 6.45) is 0.723. The quantitative estimate of drug-likeness (QED) is 0.0659. The van der Waals surface area contributed by atoms with Crippen LogP contribution in [-0.4, -0.2) is 114 Å². The van der Waals surface area contributed by atoms with Crippen LogP contribution in [0, 0.1) is 17.0 Å². The summed E-state index contributed by atoms with van der Waals surface area (Å²) in [6, 6.07) is 8.98. The van der Waals surface area contributed by atoms with Crippen molar-refractivity contribution in [3.8, 4) is 11.1 Å². The maximum Gasteiger partial charge on any atom is 0.248 e. The molecule has 1 aromatic heterocycles. The van der Waals surface area contributed by atoms with Gasteiger partial charge >= 0.3 is 0 Å². The topological polar surface area (TPSA) is 246 Å². The highest BCUT2D eigenvalue weighted by atomic mass is 19.1. The smallest absolute Gasteiger partial charge is 0.248 e. The van der Waals surface area contributed by atoms with Gasteiger partial charge < -0.3 is 52.2 Å². The number of rotatable bonds is 22. The third kappa shape index (κ3) is 15.1. The van der Waals surface area contributed by atoms with Crippen LogP contribution in [0.15, 0.2) is 60.8 Å². The van der Waals surface area contributed by atoms with Crippen molar-refractivity contribution in [1.82, 2.24) is 41.4 Å². The van der Waals surface area contributed by atoms with E-state index in [0.717, 1.165) is 23.8 Å². The molecule has 0 radical (unpaired) electrons. The fraction of sp³-hybridized carbons (Fsp3) is 0.452. The number of nitrogens with one attached hydrogen (secondary N) is 6. The summed E-state index contributed by atoms with van der Waals surface area (Å²) in [7, 11) is 1.67. The molecule has 61 heavy (non-hydrogen) atoms. The van der Waals surface area contributed by atoms with Gasteiger partial charge in [0.15, 0.2) is 0 Å². The summed E-state index contributed by atoms with van der Waals surface area (Å²) in [6.45, 7) is 7.22. The number of nitrogens with zero attached hydrogens (tertiary/aromatic N) is 2. The molecule has 0 aliphatic heterocycles. The van der Waals surface area contributed by atoms with E-state index in [1.54, 1.807) is 19.3 Å². The van der Waals surface area contributed by atoms with Crippen LogP contribution in [0.2, 0.25) is 0 Å². The number of halogens is 2. The van der Waals surface area contributed by atoms with Gasteiger partial charge in [-0.2, -0.15) is 0 Å². The summed E-state index contributed by atoms with van der Waals surface area (Å²) in [4.78, 5) is 91.2. The van der Waals surface area contributed by atoms with Crippen LogP contribution in [0.3, 0.4) is 0 Å². The zero-order valence-electron chi connectivity index (χ0n) is 35.3. The van der Waals surface area contributed by atoms with E-state index in [-0.39, 0.29) is 31.6 Å². The minimum Gasteiger partial charge on any atom is -0.387 e. The Kier molecular flexibility index (Phi) is 18.5. The molecule has 4 atom stereocenters. The Bertz CT molecular complexity index is 2020. The SMILES string of the molecule is CNCCNC(=O)[C@H](CCN(C(=O)CO)[C@@H](c1cc(-c2cc(F)ccc2F)cn1Cc1ccccc1)C(C)(C)C)NC(=O)[C@H](CC(N)=O)NC(=O)[C@H](C)NC(=O)CNC(C)=O. The van der Waals surface area contributed by atoms with Crippen LogP contribution >= 0.6 is 0 Å². The third-order valence-corrected chi connectivity index (χ3v) is 9.51. The Hall–Kier alpha value is -6.21. The average molecular weight is 854 g/mol. The molecule has 17 nitrogen and oxygen atoms in total. The second-order valence-electron chi connectivity index (χ2n) is 15.6. The van der Waals surface area contributed by atoms with Crippen molar-refractivity contribution < 1.29 is 47.4 Å². The summed E-state index contributed by atoms with van der Waals surface area (Å²) in [5.74, 6) is -6.75. The normalized spacial score (nSPS) is 13.2. The van der Waals surface area contributed by atoms with E-state index < -0.39 is 102 Å². The Balaban J connectivity index is 2.03. The maximum absolute atomic E-state index is 15.2. The van der Waals surface area contributed by atoms with E-state index in [0.29, 0.717) is 17.8 Å². The molecule has 0 spiro atoms. The minimum absolute atomic E-state index is 0.0128. The number of aliphatic hydroxyl groups excluding tert-OH is 1. The summed E-state index contributed by atoms with van der Waals surface area (Å²) >= 11 is 0. The largest absolute Gasteiger partial charge is 0.387 e. The molecule has 0 aliphatic rings. The molecule has 9 N–H and O–H groups in total. The molecular weight excluding hydrogens is 797 g/mol. The number of nitrogens with two attached hydrogens (primary N) is 1. The highest BCUT2D eigenvalue weighted by Gasteiger charge is 2.38. The molecule has 0 bridgehead atoms. The molecule has 0 aliphatic carbocycles. The Morgan fingerprint density at radius 2 is 1.54 bits per heavy atom. The van der Waals surface area contributed by atoms with Gasteiger partial charge in [-0.05, 0) is 55.6 Å². The Morgan fingerprint density at radius 1 is 0.869 bits per heavy atom. The molecule has 7 amide bonds. The van der Waals surface area contributed by atoms with E-state index >= 15 is 4.39 Å². The van der Waals surface area contributed by atoms with Crippen LogP contribution in [0.1, 0.15) is 64.8 Å². The lowest BCUT2D eigenvalue weighted by atomic mass is 9.82. The number of carbonyl (C=O) groups is 7. The van der Waals surface area contributed by atoms with Crippen LogP contribution in [0.5, 0.6) is 0 Å². The van der Waals surface area contributed by atoms with Gasteiger partial charge in [0.2, 0.25) is 41.4 Å². The first-order chi connectivity index (χ1) is 28.7. The van der Waals surface area contributed by atoms with E-state index in [9.17, 15) is 43.1 Å². The number of hydrogen-bond acceptors (Lipinski definition) is 9. The molecular formula is C42H57F2N9O8. The van der Waals surface area contributed by atoms with Crippen molar-refractivity contribution in [2.75, 3.05) is 39.8 Å². The number of hydrogen-bond donors (Lipinski definition) is 8. The third-order valence-electron chi connectivity index (χ3n) is 9.51. The van der Waals surface area contributed by atoms with Gasteiger partial charge in [-0.25, -0.2) is 8.78 Å². The predicted molar refractivity (Wildman–Crippen MR) is 222 cm³/mol. The van der Waals surface area contributed by atoms with Crippen molar-refractivity contribution in [3.63, 3.8) is 0 Å². The molecule has 3 aromatic rings. The Morgan fingerprint density at radius 3 is 2.15 bits per heavy atom. The Labute approximate surface area is 353 Å². The molecule has 0 fully saturated rings. The fourth-order valence-electron chi connectivity index (χ4n) is 6.61. The number of primary amides is 1. The highest BCUT2D eigenvalue weighted by Crippen LogP contribution is 2.41. The van der Waals surface area contributed by atoms with Gasteiger partial charge in [-0.3, -0.25) is 33.6 Å². The lowest BCUT2D eigenvalue weighted by Crippen LogP contribution is -2.58. The van der Waals surface area contributed by atoms with Gasteiger partial charge in [-0.1, -0.05) is 51.1 Å². The number of amides is 7. The zero-order valence-corrected chi connectivity index (χ0v) is 35.3. The van der Waals surface area contributed by atoms with Gasteiger partial charge in [0.1, 0.15) is 36.4 Å². The minimum atomic E-state index is -1.60. The van der Waals surface area contributed by atoms with Crippen molar-refractivity contribution in [3.05, 3.63) is 83.7 Å². The van der Waals surface area contributed by atoms with Crippen LogP contribution in [0.25, 0.3) is 11.1 Å². The summed E-state index contributed by atoms with van der Waals surface area (Å²) < 4.78 is 31.5. The lowest BCUT2D eigenvalue weighted by molar-refractivity contribution is -0.140. The molecule has 0 unspecified atom stereocenters. The van der Waals surface area contributed by atoms with E-state index in [1.165, 1.54) is 18.7 Å². The summed E-state index contributed by atoms with van der Waals surface area (Å²) in [5, 5.41) is 25.5. The van der Waals surface area contributed by atoms with E-state index in [4.69, 9.17) is 5.73 Å². The van der Waals surface area contributed by atoms with Crippen LogP contribution in [-0.2, 0) is 40.1 Å². The molecule has 2 aromatic carbocycles. The first kappa shape index (κ1) is 49.2. The van der Waals surface area contributed by atoms with Gasteiger partial charge in [0.25, 0.3) is 0 Å². The summed E-state index contributed by atoms with van der Waals surface area (Å²) in [5.41, 5.74) is 6.29. The van der Waals surface area contributed by atoms with Crippen LogP contribution < -0.4 is 37.6 Å². The molecule has 3 rings (SSSR count). The molecule has 1 heterocycles. The van der Waals surface area contributed by atoms with Crippen molar-refractivity contribution in [1.29, 1.82) is 0 Å². The molecule has 332 valence electrons. The number of carbonyl (C=O) groups excluding carboxylic acids is 7. The standard InChI is InChI=1S/C42H57F2N9O8/c1-25(49-36(57)21-48-26(2)55)39(59)51-33(20-35(45)56)41(61)50-32(40(60)47-16-15-46-6)14-17-53(37(58)24-54)38(42(3,4)5)34-18-28(30-19-29(43)12-13-31(30)44)23-52(34)22-27-10-8-7-9-11-27/h7-13,18-19,23,25,32-33,38,46,54H,14-17,20-22,24H2,1-6H3,(H2,45,56)(H,47,60)(H,48,55)(H,49,57)(H,50,61)(H,51,59)/t25-,32-,33-,38-/m0/s1. The zero-order chi connectivity index (χ0) is 45.4. The fourth-order valence-corrected chi connectivity index (χ4v) is 6.61. The van der Waals surface area contributed by atoms with Crippen molar-refractivity contribution >= 4 is 41.4 Å². The van der Waals surface area contributed by atoms with Crippen molar-refractivity contribution in [2.24, 2.45) is 11.1 Å². The molecule has 0 saturated carbocycles. The second-order valence-corrected chi connectivity index (χ2v) is 15.6. The number of likely N-dealkylation sites (N-methyl/N-ethyl adjacent to an activating group) is 1. The van der Waals surface area contributed by atoms with E-state index in [2.05, 4.69) is 31.9 Å². The van der Waals surface area contributed by atoms with Crippen molar-refractivity contribution in [2.45, 2.75) is 78.2 Å². The second kappa shape index (κ2) is 23.0. The van der Waals surface area contributed by atoms with E-state index in [1.807, 2.05) is 55.7 Å². The van der Waals surface area contributed by atoms with Gasteiger partial charge in [0, 0.05) is 56.1 Å². The highest BCUT2D eigenvalue weighted by molar-refractivity contribution is 5.96. The van der Waals surface area contributed by atoms with Gasteiger partial charge in [-0.15, -0.1) is 0 Å². The first-order valence-electron chi connectivity index (χ1n) is 19.7. The number of aliphatic hydroxyl groups is 1.